The molecule has 1 aromatic heterocycles. The van der Waals surface area contributed by atoms with Gasteiger partial charge in [0.2, 0.25) is 0 Å². The smallest absolute Gasteiger partial charge is 0.251 e. The van der Waals surface area contributed by atoms with Gasteiger partial charge in [0.05, 0.1) is 0 Å². The second-order valence-electron chi connectivity index (χ2n) is 6.32. The summed E-state index contributed by atoms with van der Waals surface area (Å²) in [5.74, 6) is 1.33. The molecule has 5 nitrogen and oxygen atoms in total. The van der Waals surface area contributed by atoms with Crippen LogP contribution in [-0.2, 0) is 6.42 Å². The second-order valence-corrected chi connectivity index (χ2v) is 6.32. The molecule has 0 aliphatic carbocycles. The van der Waals surface area contributed by atoms with Gasteiger partial charge in [-0.15, -0.1) is 0 Å². The number of carbonyl (C=O) groups is 1. The van der Waals surface area contributed by atoms with Gasteiger partial charge in [0, 0.05) is 50.8 Å². The summed E-state index contributed by atoms with van der Waals surface area (Å²) >= 11 is 0. The second kappa shape index (κ2) is 7.87. The minimum atomic E-state index is -0.0915. The van der Waals surface area contributed by atoms with Crippen molar-refractivity contribution in [2.24, 2.45) is 0 Å². The summed E-state index contributed by atoms with van der Waals surface area (Å²) in [4.78, 5) is 18.8. The molecule has 1 N–H and O–H groups in total. The molecule has 0 fully saturated rings. The fourth-order valence-corrected chi connectivity index (χ4v) is 2.78. The Hall–Kier alpha value is -3.08. The number of rotatable bonds is 6. The Bertz CT molecular complexity index is 885. The van der Waals surface area contributed by atoms with E-state index in [4.69, 9.17) is 4.42 Å². The normalized spacial score (nSPS) is 10.6. The Morgan fingerprint density at radius 2 is 1.88 bits per heavy atom. The van der Waals surface area contributed by atoms with E-state index in [0.29, 0.717) is 24.4 Å². The molecule has 0 aliphatic rings. The molecule has 0 saturated carbocycles. The highest BCUT2D eigenvalue weighted by atomic mass is 16.4. The van der Waals surface area contributed by atoms with E-state index in [1.807, 2.05) is 80.5 Å². The molecule has 3 rings (SSSR count). The summed E-state index contributed by atoms with van der Waals surface area (Å²) < 4.78 is 5.74. The van der Waals surface area contributed by atoms with Gasteiger partial charge in [0.1, 0.15) is 11.5 Å². The maximum atomic E-state index is 12.4. The molecule has 5 heteroatoms. The van der Waals surface area contributed by atoms with E-state index in [0.717, 1.165) is 22.7 Å². The fourth-order valence-electron chi connectivity index (χ4n) is 2.78. The number of hydrogen-bond donors (Lipinski definition) is 1. The lowest BCUT2D eigenvalue weighted by molar-refractivity contribution is 0.0953. The Balaban J connectivity index is 1.65. The maximum absolute atomic E-state index is 12.4. The molecule has 26 heavy (non-hydrogen) atoms. The van der Waals surface area contributed by atoms with Crippen molar-refractivity contribution in [2.45, 2.75) is 13.3 Å². The van der Waals surface area contributed by atoms with E-state index >= 15 is 0 Å². The molecule has 0 aliphatic heterocycles. The highest BCUT2D eigenvalue weighted by Gasteiger charge is 2.13. The number of nitrogens with one attached hydrogen (secondary N) is 1. The van der Waals surface area contributed by atoms with Crippen LogP contribution >= 0.6 is 0 Å². The van der Waals surface area contributed by atoms with Crippen molar-refractivity contribution in [1.82, 2.24) is 10.3 Å². The first-order chi connectivity index (χ1) is 12.5. The Labute approximate surface area is 153 Å². The molecule has 2 aromatic carbocycles. The first-order valence-electron chi connectivity index (χ1n) is 8.62. The molecular weight excluding hydrogens is 326 g/mol. The Morgan fingerprint density at radius 3 is 2.62 bits per heavy atom. The third kappa shape index (κ3) is 4.11. The van der Waals surface area contributed by atoms with Crippen molar-refractivity contribution in [2.75, 3.05) is 25.5 Å². The van der Waals surface area contributed by atoms with Gasteiger partial charge in [-0.25, -0.2) is 4.98 Å². The number of oxazole rings is 1. The van der Waals surface area contributed by atoms with Gasteiger partial charge in [0.25, 0.3) is 5.91 Å². The molecule has 134 valence electrons. The van der Waals surface area contributed by atoms with Gasteiger partial charge in [-0.3, -0.25) is 4.79 Å². The van der Waals surface area contributed by atoms with Crippen LogP contribution in [0.15, 0.2) is 59.0 Å². The first-order valence-corrected chi connectivity index (χ1v) is 8.62. The zero-order chi connectivity index (χ0) is 18.5. The van der Waals surface area contributed by atoms with Gasteiger partial charge in [-0.05, 0) is 18.2 Å². The molecule has 1 heterocycles. The number of hydrogen-bond acceptors (Lipinski definition) is 4. The van der Waals surface area contributed by atoms with Gasteiger partial charge in [-0.2, -0.15) is 0 Å². The minimum Gasteiger partial charge on any atom is -0.445 e. The molecule has 0 saturated heterocycles. The lowest BCUT2D eigenvalue weighted by atomic mass is 10.1. The molecular formula is C21H23N3O2. The summed E-state index contributed by atoms with van der Waals surface area (Å²) in [6.07, 6.45) is 0.587. The number of benzene rings is 2. The van der Waals surface area contributed by atoms with Crippen LogP contribution in [0.1, 0.15) is 22.0 Å². The quantitative estimate of drug-likeness (QED) is 0.737. The minimum absolute atomic E-state index is 0.0915. The predicted octanol–water partition coefficient (Wildman–Crippen LogP) is 3.69. The molecule has 0 atom stereocenters. The summed E-state index contributed by atoms with van der Waals surface area (Å²) in [7, 11) is 3.91. The van der Waals surface area contributed by atoms with Crippen molar-refractivity contribution >= 4 is 11.6 Å². The number of nitrogens with zero attached hydrogens (tertiary/aromatic N) is 2. The summed E-state index contributed by atoms with van der Waals surface area (Å²) in [6, 6.07) is 17.5. The molecule has 0 bridgehead atoms. The van der Waals surface area contributed by atoms with E-state index in [9.17, 15) is 4.79 Å². The van der Waals surface area contributed by atoms with Crippen LogP contribution in [0.25, 0.3) is 11.3 Å². The average molecular weight is 349 g/mol. The van der Waals surface area contributed by atoms with Crippen LogP contribution in [0.2, 0.25) is 0 Å². The van der Waals surface area contributed by atoms with Gasteiger partial charge in [-0.1, -0.05) is 36.4 Å². The monoisotopic (exact) mass is 349 g/mol. The van der Waals surface area contributed by atoms with Crippen LogP contribution in [0.4, 0.5) is 5.69 Å². The maximum Gasteiger partial charge on any atom is 0.251 e. The largest absolute Gasteiger partial charge is 0.445 e. The fraction of sp³-hybridized carbons (Fsp3) is 0.238. The zero-order valence-corrected chi connectivity index (χ0v) is 15.3. The van der Waals surface area contributed by atoms with Gasteiger partial charge in [0.15, 0.2) is 5.89 Å². The summed E-state index contributed by atoms with van der Waals surface area (Å²) in [5, 5.41) is 2.96. The Kier molecular flexibility index (Phi) is 5.37. The molecule has 0 spiro atoms. The number of anilines is 1. The van der Waals surface area contributed by atoms with Crippen molar-refractivity contribution in [3.8, 4) is 11.3 Å². The van der Waals surface area contributed by atoms with Crippen molar-refractivity contribution in [3.63, 3.8) is 0 Å². The van der Waals surface area contributed by atoms with E-state index in [1.54, 1.807) is 0 Å². The highest BCUT2D eigenvalue weighted by molar-refractivity contribution is 5.95. The van der Waals surface area contributed by atoms with Crippen molar-refractivity contribution in [3.05, 3.63) is 71.8 Å². The standard InChI is InChI=1S/C21H23N3O2/c1-15-23-20(16-8-5-4-6-9-16)19(26-15)12-13-22-21(25)17-10-7-11-18(14-17)24(2)3/h4-11,14H,12-13H2,1-3H3,(H,22,25). The van der Waals surface area contributed by atoms with E-state index in [2.05, 4.69) is 10.3 Å². The van der Waals surface area contributed by atoms with Crippen molar-refractivity contribution < 1.29 is 9.21 Å². The zero-order valence-electron chi connectivity index (χ0n) is 15.3. The van der Waals surface area contributed by atoms with E-state index in [1.165, 1.54) is 0 Å². The SMILES string of the molecule is Cc1nc(-c2ccccc2)c(CCNC(=O)c2cccc(N(C)C)c2)o1. The number of amides is 1. The lowest BCUT2D eigenvalue weighted by Crippen LogP contribution is -2.26. The van der Waals surface area contributed by atoms with Crippen LogP contribution < -0.4 is 10.2 Å². The summed E-state index contributed by atoms with van der Waals surface area (Å²) in [5.41, 5.74) is 3.50. The molecule has 3 aromatic rings. The highest BCUT2D eigenvalue weighted by Crippen LogP contribution is 2.24. The lowest BCUT2D eigenvalue weighted by Gasteiger charge is -2.13. The van der Waals surface area contributed by atoms with Crippen LogP contribution in [0, 0.1) is 6.92 Å². The van der Waals surface area contributed by atoms with Gasteiger partial charge < -0.3 is 14.6 Å². The Morgan fingerprint density at radius 1 is 1.12 bits per heavy atom. The number of carbonyl (C=O) groups excluding carboxylic acids is 1. The van der Waals surface area contributed by atoms with Crippen LogP contribution in [-0.4, -0.2) is 31.5 Å². The predicted molar refractivity (Wildman–Crippen MR) is 103 cm³/mol. The molecule has 0 radical (unpaired) electrons. The first kappa shape index (κ1) is 17.7. The third-order valence-corrected chi connectivity index (χ3v) is 4.11. The molecule has 1 amide bonds. The van der Waals surface area contributed by atoms with E-state index in [-0.39, 0.29) is 5.91 Å². The third-order valence-electron chi connectivity index (χ3n) is 4.11. The van der Waals surface area contributed by atoms with Gasteiger partial charge >= 0.3 is 0 Å². The molecule has 0 unspecified atom stereocenters. The van der Waals surface area contributed by atoms with Crippen LogP contribution in [0.3, 0.4) is 0 Å². The average Bonchev–Trinajstić information content (AvgIpc) is 3.03. The number of aromatic nitrogens is 1. The summed E-state index contributed by atoms with van der Waals surface area (Å²) in [6.45, 7) is 2.32. The van der Waals surface area contributed by atoms with Crippen LogP contribution in [0.5, 0.6) is 0 Å². The van der Waals surface area contributed by atoms with E-state index < -0.39 is 0 Å². The topological polar surface area (TPSA) is 58.4 Å². The number of aryl methyl sites for hydroxylation is 1. The van der Waals surface area contributed by atoms with Crippen molar-refractivity contribution in [1.29, 1.82) is 0 Å².